The number of ether oxygens (including phenoxy) is 1. The molecule has 2 atom stereocenters. The fourth-order valence-electron chi connectivity index (χ4n) is 2.57. The van der Waals surface area contributed by atoms with E-state index in [-0.39, 0.29) is 11.9 Å². The smallest absolute Gasteiger partial charge is 0.313 e. The monoisotopic (exact) mass is 298 g/mol. The van der Waals surface area contributed by atoms with Crippen molar-refractivity contribution >= 4 is 11.9 Å². The fourth-order valence-corrected chi connectivity index (χ4v) is 2.57. The van der Waals surface area contributed by atoms with Crippen molar-refractivity contribution in [1.82, 2.24) is 0 Å². The molecule has 0 aromatic rings. The molecule has 0 aromatic carbocycles. The van der Waals surface area contributed by atoms with Gasteiger partial charge in [0.15, 0.2) is 0 Å². The maximum absolute atomic E-state index is 11.8. The summed E-state index contributed by atoms with van der Waals surface area (Å²) in [5.74, 6) is 0.0289. The molecule has 0 saturated carbocycles. The number of esters is 2. The van der Waals surface area contributed by atoms with Crippen molar-refractivity contribution in [2.24, 2.45) is 11.8 Å². The van der Waals surface area contributed by atoms with E-state index in [1.807, 2.05) is 0 Å². The number of rotatable bonds is 12. The summed E-state index contributed by atoms with van der Waals surface area (Å²) in [4.78, 5) is 23.7. The summed E-state index contributed by atoms with van der Waals surface area (Å²) in [5.41, 5.74) is 0. The van der Waals surface area contributed by atoms with E-state index in [9.17, 15) is 9.59 Å². The molecule has 0 aliphatic carbocycles. The number of unbranched alkanes of at least 4 members (excludes halogenated alkanes) is 2. The highest BCUT2D eigenvalue weighted by molar-refractivity contribution is 5.85. The van der Waals surface area contributed by atoms with Crippen LogP contribution in [0.15, 0.2) is 0 Å². The van der Waals surface area contributed by atoms with Crippen LogP contribution in [0.1, 0.15) is 91.9 Å². The molecule has 0 rings (SSSR count). The Morgan fingerprint density at radius 1 is 0.762 bits per heavy atom. The van der Waals surface area contributed by atoms with Gasteiger partial charge in [-0.05, 0) is 24.7 Å². The van der Waals surface area contributed by atoms with E-state index in [0.29, 0.717) is 24.7 Å². The van der Waals surface area contributed by atoms with Crippen molar-refractivity contribution in [3.8, 4) is 0 Å². The van der Waals surface area contributed by atoms with Gasteiger partial charge in [-0.3, -0.25) is 9.59 Å². The molecule has 124 valence electrons. The van der Waals surface area contributed by atoms with Gasteiger partial charge < -0.3 is 4.74 Å². The Morgan fingerprint density at radius 3 is 1.43 bits per heavy atom. The highest BCUT2D eigenvalue weighted by Crippen LogP contribution is 2.19. The molecule has 0 heterocycles. The van der Waals surface area contributed by atoms with Crippen LogP contribution in [0.3, 0.4) is 0 Å². The lowest BCUT2D eigenvalue weighted by Crippen LogP contribution is -2.18. The van der Waals surface area contributed by atoms with Crippen molar-refractivity contribution in [2.75, 3.05) is 0 Å². The van der Waals surface area contributed by atoms with Crippen LogP contribution < -0.4 is 0 Å². The molecule has 3 heteroatoms. The third-order valence-corrected chi connectivity index (χ3v) is 4.22. The van der Waals surface area contributed by atoms with Gasteiger partial charge in [-0.1, -0.05) is 66.2 Å². The van der Waals surface area contributed by atoms with Crippen LogP contribution in [0.5, 0.6) is 0 Å². The SMILES string of the molecule is CCCCC(CC)CC(=O)OC(=O)CC(CC)CCCC. The average Bonchev–Trinajstić information content (AvgIpc) is 2.47. The van der Waals surface area contributed by atoms with Crippen molar-refractivity contribution in [3.63, 3.8) is 0 Å². The van der Waals surface area contributed by atoms with Crippen molar-refractivity contribution in [1.29, 1.82) is 0 Å². The number of hydrogen-bond donors (Lipinski definition) is 0. The quantitative estimate of drug-likeness (QED) is 0.364. The molecule has 0 aliphatic heterocycles. The number of carbonyl (C=O) groups is 2. The second-order valence-electron chi connectivity index (χ2n) is 6.09. The summed E-state index contributed by atoms with van der Waals surface area (Å²) in [6, 6.07) is 0. The first kappa shape index (κ1) is 20.1. The van der Waals surface area contributed by atoms with E-state index in [1.165, 1.54) is 0 Å². The zero-order valence-corrected chi connectivity index (χ0v) is 14.5. The van der Waals surface area contributed by atoms with Gasteiger partial charge in [0.1, 0.15) is 0 Å². The molecule has 0 fully saturated rings. The van der Waals surface area contributed by atoms with E-state index < -0.39 is 0 Å². The molecule has 0 bridgehead atoms. The van der Waals surface area contributed by atoms with E-state index in [4.69, 9.17) is 4.74 Å². The minimum atomic E-state index is -0.340. The normalized spacial score (nSPS) is 13.7. The molecular weight excluding hydrogens is 264 g/mol. The number of hydrogen-bond acceptors (Lipinski definition) is 3. The number of carbonyl (C=O) groups excluding carboxylic acids is 2. The van der Waals surface area contributed by atoms with Gasteiger partial charge in [0.05, 0.1) is 0 Å². The largest absolute Gasteiger partial charge is 0.393 e. The van der Waals surface area contributed by atoms with Crippen LogP contribution in [0.4, 0.5) is 0 Å². The lowest BCUT2D eigenvalue weighted by Gasteiger charge is -2.15. The van der Waals surface area contributed by atoms with Crippen LogP contribution in [0.2, 0.25) is 0 Å². The Hall–Kier alpha value is -0.860. The minimum Gasteiger partial charge on any atom is -0.393 e. The van der Waals surface area contributed by atoms with E-state index in [0.717, 1.165) is 51.4 Å². The Kier molecular flexibility index (Phi) is 12.3. The fraction of sp³-hybridized carbons (Fsp3) is 0.889. The predicted molar refractivity (Wildman–Crippen MR) is 86.9 cm³/mol. The summed E-state index contributed by atoms with van der Waals surface area (Å²) in [5, 5.41) is 0. The third-order valence-electron chi connectivity index (χ3n) is 4.22. The Bertz CT molecular complexity index is 258. The van der Waals surface area contributed by atoms with E-state index in [1.54, 1.807) is 0 Å². The summed E-state index contributed by atoms with van der Waals surface area (Å²) in [7, 11) is 0. The summed E-state index contributed by atoms with van der Waals surface area (Å²) >= 11 is 0. The molecule has 21 heavy (non-hydrogen) atoms. The predicted octanol–water partition coefficient (Wildman–Crippen LogP) is 5.27. The van der Waals surface area contributed by atoms with Crippen LogP contribution in [0, 0.1) is 11.8 Å². The Balaban J connectivity index is 4.08. The standard InChI is InChI=1S/C18H34O3/c1-5-9-11-15(7-3)13-17(19)21-18(20)14-16(8-4)12-10-6-2/h15-16H,5-14H2,1-4H3. The molecule has 0 aromatic heterocycles. The summed E-state index contributed by atoms with van der Waals surface area (Å²) in [6.45, 7) is 8.48. The maximum atomic E-state index is 11.8. The van der Waals surface area contributed by atoms with Crippen LogP contribution in [-0.2, 0) is 14.3 Å². The first-order valence-electron chi connectivity index (χ1n) is 8.80. The van der Waals surface area contributed by atoms with Crippen molar-refractivity contribution < 1.29 is 14.3 Å². The van der Waals surface area contributed by atoms with Crippen LogP contribution in [-0.4, -0.2) is 11.9 Å². The Labute approximate surface area is 130 Å². The average molecular weight is 298 g/mol. The topological polar surface area (TPSA) is 43.4 Å². The zero-order valence-electron chi connectivity index (χ0n) is 14.5. The van der Waals surface area contributed by atoms with Gasteiger partial charge in [-0.15, -0.1) is 0 Å². The lowest BCUT2D eigenvalue weighted by molar-refractivity contribution is -0.161. The second-order valence-corrected chi connectivity index (χ2v) is 6.09. The minimum absolute atomic E-state index is 0.340. The molecule has 2 unspecified atom stereocenters. The molecular formula is C18H34O3. The lowest BCUT2D eigenvalue weighted by atomic mass is 9.95. The zero-order chi connectivity index (χ0) is 16.1. The highest BCUT2D eigenvalue weighted by atomic mass is 16.6. The third kappa shape index (κ3) is 10.5. The summed E-state index contributed by atoms with van der Waals surface area (Å²) in [6.07, 6.45) is 9.34. The molecule has 0 aliphatic rings. The molecule has 0 saturated heterocycles. The first-order valence-corrected chi connectivity index (χ1v) is 8.80. The first-order chi connectivity index (χ1) is 10.1. The maximum Gasteiger partial charge on any atom is 0.313 e. The molecule has 0 N–H and O–H groups in total. The molecule has 3 nitrogen and oxygen atoms in total. The second kappa shape index (κ2) is 12.8. The molecule has 0 amide bonds. The molecule has 0 radical (unpaired) electrons. The van der Waals surface area contributed by atoms with Gasteiger partial charge in [0.25, 0.3) is 0 Å². The van der Waals surface area contributed by atoms with Crippen molar-refractivity contribution in [2.45, 2.75) is 91.9 Å². The van der Waals surface area contributed by atoms with Crippen LogP contribution in [0.25, 0.3) is 0 Å². The van der Waals surface area contributed by atoms with Gasteiger partial charge in [-0.2, -0.15) is 0 Å². The van der Waals surface area contributed by atoms with Crippen molar-refractivity contribution in [3.05, 3.63) is 0 Å². The van der Waals surface area contributed by atoms with E-state index in [2.05, 4.69) is 27.7 Å². The van der Waals surface area contributed by atoms with Crippen LogP contribution >= 0.6 is 0 Å². The van der Waals surface area contributed by atoms with Gasteiger partial charge in [-0.25, -0.2) is 0 Å². The van der Waals surface area contributed by atoms with Gasteiger partial charge >= 0.3 is 11.9 Å². The van der Waals surface area contributed by atoms with E-state index >= 15 is 0 Å². The molecule has 0 spiro atoms. The van der Waals surface area contributed by atoms with Gasteiger partial charge in [0, 0.05) is 12.8 Å². The van der Waals surface area contributed by atoms with Gasteiger partial charge in [0.2, 0.25) is 0 Å². The Morgan fingerprint density at radius 2 is 1.14 bits per heavy atom. The summed E-state index contributed by atoms with van der Waals surface area (Å²) < 4.78 is 5.00. The highest BCUT2D eigenvalue weighted by Gasteiger charge is 2.18.